The van der Waals surface area contributed by atoms with Crippen LogP contribution in [0.2, 0.25) is 0 Å². The van der Waals surface area contributed by atoms with Gasteiger partial charge in [-0.2, -0.15) is 0 Å². The van der Waals surface area contributed by atoms with Crippen molar-refractivity contribution in [2.45, 2.75) is 25.1 Å². The first kappa shape index (κ1) is 13.3. The van der Waals surface area contributed by atoms with Crippen LogP contribution in [0.25, 0.3) is 0 Å². The van der Waals surface area contributed by atoms with Crippen LogP contribution in [0.5, 0.6) is 0 Å². The van der Waals surface area contributed by atoms with Gasteiger partial charge in [0.05, 0.1) is 0 Å². The Balaban J connectivity index is 1.93. The van der Waals surface area contributed by atoms with Crippen LogP contribution in [-0.4, -0.2) is 12.5 Å². The highest BCUT2D eigenvalue weighted by Crippen LogP contribution is 2.32. The minimum absolute atomic E-state index is 0.0225. The van der Waals surface area contributed by atoms with E-state index in [1.807, 2.05) is 37.3 Å². The average Bonchev–Trinajstić information content (AvgIpc) is 2.95. The predicted octanol–water partition coefficient (Wildman–Crippen LogP) is 3.46. The molecular weight excluding hydrogens is 274 g/mol. The zero-order valence-corrected chi connectivity index (χ0v) is 12.0. The van der Waals surface area contributed by atoms with E-state index in [-0.39, 0.29) is 11.3 Å². The number of amides is 1. The molecule has 2 heterocycles. The van der Waals surface area contributed by atoms with Crippen LogP contribution in [0.3, 0.4) is 0 Å². The summed E-state index contributed by atoms with van der Waals surface area (Å²) in [7, 11) is 0. The Morgan fingerprint density at radius 2 is 2.20 bits per heavy atom. The van der Waals surface area contributed by atoms with Crippen LogP contribution in [0, 0.1) is 0 Å². The molecule has 2 aromatic rings. The first-order valence-corrected chi connectivity index (χ1v) is 7.26. The molecule has 1 aliphatic heterocycles. The smallest absolute Gasteiger partial charge is 0.251 e. The molecule has 1 amide bonds. The lowest BCUT2D eigenvalue weighted by atomic mass is 9.96. The van der Waals surface area contributed by atoms with Gasteiger partial charge in [0.25, 0.3) is 5.91 Å². The first-order chi connectivity index (χ1) is 9.69. The van der Waals surface area contributed by atoms with E-state index in [0.717, 1.165) is 41.1 Å². The zero-order valence-electron chi connectivity index (χ0n) is 11.3. The van der Waals surface area contributed by atoms with Crippen molar-refractivity contribution in [1.29, 1.82) is 0 Å². The fourth-order valence-corrected chi connectivity index (χ4v) is 2.73. The fourth-order valence-electron chi connectivity index (χ4n) is 2.47. The number of carbonyl (C=O) groups excluding carboxylic acids is 1. The second-order valence-electron chi connectivity index (χ2n) is 4.94. The third kappa shape index (κ3) is 2.34. The van der Waals surface area contributed by atoms with E-state index in [4.69, 9.17) is 16.0 Å². The van der Waals surface area contributed by atoms with Gasteiger partial charge in [0, 0.05) is 18.5 Å². The lowest BCUT2D eigenvalue weighted by Gasteiger charge is -2.18. The molecule has 3 nitrogen and oxygen atoms in total. The first-order valence-electron chi connectivity index (χ1n) is 6.82. The molecule has 1 aliphatic rings. The molecule has 0 aliphatic carbocycles. The van der Waals surface area contributed by atoms with E-state index in [0.29, 0.717) is 6.54 Å². The number of alkyl halides is 1. The minimum Gasteiger partial charge on any atom is -0.464 e. The Morgan fingerprint density at radius 3 is 2.95 bits per heavy atom. The van der Waals surface area contributed by atoms with E-state index in [2.05, 4.69) is 5.32 Å². The normalized spacial score (nSPS) is 15.6. The molecule has 0 fully saturated rings. The van der Waals surface area contributed by atoms with Gasteiger partial charge in [-0.05, 0) is 35.7 Å². The van der Waals surface area contributed by atoms with E-state index in [1.54, 1.807) is 0 Å². The van der Waals surface area contributed by atoms with Crippen molar-refractivity contribution in [2.75, 3.05) is 6.54 Å². The highest BCUT2D eigenvalue weighted by atomic mass is 35.5. The van der Waals surface area contributed by atoms with Crippen molar-refractivity contribution in [3.8, 4) is 0 Å². The minimum atomic E-state index is -0.365. The number of rotatable bonds is 3. The molecule has 1 N–H and O–H groups in total. The summed E-state index contributed by atoms with van der Waals surface area (Å²) in [6.07, 6.45) is 1.71. The molecule has 1 aromatic carbocycles. The number of hydrogen-bond acceptors (Lipinski definition) is 2. The molecule has 1 aromatic heterocycles. The molecule has 4 heteroatoms. The third-order valence-electron chi connectivity index (χ3n) is 3.63. The fraction of sp³-hybridized carbons (Fsp3) is 0.312. The molecule has 0 saturated heterocycles. The van der Waals surface area contributed by atoms with Crippen molar-refractivity contribution < 1.29 is 9.21 Å². The quantitative estimate of drug-likeness (QED) is 0.879. The molecule has 104 valence electrons. The highest BCUT2D eigenvalue weighted by Gasteiger charge is 2.21. The van der Waals surface area contributed by atoms with E-state index >= 15 is 0 Å². The van der Waals surface area contributed by atoms with Crippen molar-refractivity contribution in [3.05, 3.63) is 58.5 Å². The van der Waals surface area contributed by atoms with Crippen LogP contribution in [-0.2, 0) is 12.8 Å². The molecule has 1 atom stereocenters. The van der Waals surface area contributed by atoms with Crippen LogP contribution in [0.15, 0.2) is 34.7 Å². The van der Waals surface area contributed by atoms with Gasteiger partial charge >= 0.3 is 0 Å². The maximum Gasteiger partial charge on any atom is 0.251 e. The summed E-state index contributed by atoms with van der Waals surface area (Å²) in [6.45, 7) is 2.74. The van der Waals surface area contributed by atoms with E-state index < -0.39 is 0 Å². The number of nitrogens with one attached hydrogen (secondary N) is 1. The molecule has 0 bridgehead atoms. The number of fused-ring (bicyclic) bond motifs is 1. The maximum atomic E-state index is 11.9. The molecule has 0 spiro atoms. The average molecular weight is 290 g/mol. The Hall–Kier alpha value is -1.74. The lowest BCUT2D eigenvalue weighted by molar-refractivity contribution is 0.0946. The topological polar surface area (TPSA) is 42.2 Å². The number of halogens is 1. The molecular formula is C16H16ClNO2. The summed E-state index contributed by atoms with van der Waals surface area (Å²) in [4.78, 5) is 11.9. The second kappa shape index (κ2) is 5.33. The van der Waals surface area contributed by atoms with Gasteiger partial charge in [0.15, 0.2) is 0 Å². The molecule has 3 rings (SSSR count). The van der Waals surface area contributed by atoms with Crippen molar-refractivity contribution in [3.63, 3.8) is 0 Å². The summed E-state index contributed by atoms with van der Waals surface area (Å²) in [5.41, 5.74) is 2.69. The molecule has 0 saturated carbocycles. The number of furan rings is 1. The summed E-state index contributed by atoms with van der Waals surface area (Å²) in [6, 6.07) is 9.67. The van der Waals surface area contributed by atoms with Crippen LogP contribution in [0.1, 0.15) is 45.3 Å². The van der Waals surface area contributed by atoms with Crippen molar-refractivity contribution in [2.24, 2.45) is 0 Å². The molecule has 1 unspecified atom stereocenters. The van der Waals surface area contributed by atoms with E-state index in [1.165, 1.54) is 0 Å². The summed E-state index contributed by atoms with van der Waals surface area (Å²) >= 11 is 6.47. The number of hydrogen-bond donors (Lipinski definition) is 1. The van der Waals surface area contributed by atoms with E-state index in [9.17, 15) is 4.79 Å². The van der Waals surface area contributed by atoms with Gasteiger partial charge in [0.1, 0.15) is 16.9 Å². The molecule has 0 radical (unpaired) electrons. The van der Waals surface area contributed by atoms with Gasteiger partial charge in [-0.25, -0.2) is 0 Å². The Labute approximate surface area is 122 Å². The maximum absolute atomic E-state index is 11.9. The monoisotopic (exact) mass is 289 g/mol. The second-order valence-corrected chi connectivity index (χ2v) is 5.38. The van der Waals surface area contributed by atoms with Gasteiger partial charge in [0.2, 0.25) is 0 Å². The van der Waals surface area contributed by atoms with Crippen LogP contribution in [0.4, 0.5) is 0 Å². The van der Waals surface area contributed by atoms with Crippen LogP contribution >= 0.6 is 11.6 Å². The lowest BCUT2D eigenvalue weighted by Crippen LogP contribution is -2.31. The summed E-state index contributed by atoms with van der Waals surface area (Å²) in [5, 5.41) is 2.49. The van der Waals surface area contributed by atoms with Crippen LogP contribution < -0.4 is 5.32 Å². The number of benzene rings is 1. The standard InChI is InChI=1S/C16H16ClNO2/c1-2-12-5-6-14(20-12)15(17)11-4-3-10-7-8-18-16(19)13(10)9-11/h3-6,9,15H,2,7-8H2,1H3,(H,18,19). The largest absolute Gasteiger partial charge is 0.464 e. The van der Waals surface area contributed by atoms with Gasteiger partial charge < -0.3 is 9.73 Å². The van der Waals surface area contributed by atoms with Gasteiger partial charge in [-0.15, -0.1) is 11.6 Å². The number of carbonyl (C=O) groups is 1. The number of aryl methyl sites for hydroxylation is 1. The Kier molecular flexibility index (Phi) is 3.53. The summed E-state index contributed by atoms with van der Waals surface area (Å²) < 4.78 is 5.69. The molecule has 20 heavy (non-hydrogen) atoms. The van der Waals surface area contributed by atoms with Gasteiger partial charge in [-0.3, -0.25) is 4.79 Å². The Morgan fingerprint density at radius 1 is 1.35 bits per heavy atom. The van der Waals surface area contributed by atoms with Gasteiger partial charge in [-0.1, -0.05) is 19.1 Å². The predicted molar refractivity (Wildman–Crippen MR) is 78.3 cm³/mol. The Bertz CT molecular complexity index is 648. The summed E-state index contributed by atoms with van der Waals surface area (Å²) in [5.74, 6) is 1.62. The highest BCUT2D eigenvalue weighted by molar-refractivity contribution is 6.22. The van der Waals surface area contributed by atoms with Crippen molar-refractivity contribution in [1.82, 2.24) is 5.32 Å². The van der Waals surface area contributed by atoms with Crippen molar-refractivity contribution >= 4 is 17.5 Å². The SMILES string of the molecule is CCc1ccc(C(Cl)c2ccc3c(c2)C(=O)NCC3)o1. The third-order valence-corrected chi connectivity index (χ3v) is 4.10. The zero-order chi connectivity index (χ0) is 14.1.